The molecule has 1 N–H and O–H groups in total. The molecule has 0 aromatic heterocycles. The minimum Gasteiger partial charge on any atom is -0.374 e. The van der Waals surface area contributed by atoms with Crippen molar-refractivity contribution >= 4 is 10.8 Å². The van der Waals surface area contributed by atoms with Crippen molar-refractivity contribution in [3.8, 4) is 0 Å². The molecule has 0 radical (unpaired) electrons. The highest BCUT2D eigenvalue weighted by molar-refractivity contribution is 5.83. The van der Waals surface area contributed by atoms with Gasteiger partial charge in [-0.05, 0) is 29.4 Å². The van der Waals surface area contributed by atoms with E-state index in [1.54, 1.807) is 7.05 Å². The third-order valence-corrected chi connectivity index (χ3v) is 3.05. The molecule has 19 heavy (non-hydrogen) atoms. The molecule has 2 aromatic carbocycles. The largest absolute Gasteiger partial charge is 0.374 e. The van der Waals surface area contributed by atoms with Crippen LogP contribution in [0.5, 0.6) is 0 Å². The molecule has 102 valence electrons. The Hall–Kier alpha value is -1.52. The molecule has 1 unspecified atom stereocenters. The minimum absolute atomic E-state index is 0.0802. The molecule has 0 saturated carbocycles. The van der Waals surface area contributed by atoms with Gasteiger partial charge in [0.15, 0.2) is 0 Å². The average Bonchev–Trinajstić information content (AvgIpc) is 2.43. The number of rotatable bonds is 6. The van der Waals surface area contributed by atoms with Gasteiger partial charge in [0.05, 0.1) is 12.6 Å². The Morgan fingerprint density at radius 3 is 2.47 bits per heavy atom. The van der Waals surface area contributed by atoms with Crippen LogP contribution < -0.4 is 5.32 Å². The Bertz CT molecular complexity index is 530. The zero-order valence-corrected chi connectivity index (χ0v) is 10.8. The van der Waals surface area contributed by atoms with Gasteiger partial charge in [0.25, 0.3) is 6.43 Å². The molecule has 4 heteroatoms. The molecule has 0 heterocycles. The summed E-state index contributed by atoms with van der Waals surface area (Å²) in [6, 6.07) is 14.0. The summed E-state index contributed by atoms with van der Waals surface area (Å²) in [7, 11) is 1.80. The van der Waals surface area contributed by atoms with Crippen LogP contribution in [-0.2, 0) is 4.74 Å². The third kappa shape index (κ3) is 3.72. The van der Waals surface area contributed by atoms with E-state index in [0.29, 0.717) is 0 Å². The van der Waals surface area contributed by atoms with Crippen molar-refractivity contribution in [3.63, 3.8) is 0 Å². The SMILES string of the molecule is CNC(COCC(F)F)c1ccc2ccccc2c1. The number of hydrogen-bond acceptors (Lipinski definition) is 2. The molecule has 2 nitrogen and oxygen atoms in total. The van der Waals surface area contributed by atoms with Crippen LogP contribution in [0.1, 0.15) is 11.6 Å². The maximum absolute atomic E-state index is 12.1. The second kappa shape index (κ2) is 6.59. The Kier molecular flexibility index (Phi) is 4.82. The summed E-state index contributed by atoms with van der Waals surface area (Å²) in [6.45, 7) is -0.287. The summed E-state index contributed by atoms with van der Waals surface area (Å²) in [6.07, 6.45) is -2.42. The van der Waals surface area contributed by atoms with E-state index in [0.717, 1.165) is 16.3 Å². The van der Waals surface area contributed by atoms with E-state index in [2.05, 4.69) is 11.4 Å². The molecule has 0 bridgehead atoms. The van der Waals surface area contributed by atoms with E-state index < -0.39 is 13.0 Å². The molecule has 0 spiro atoms. The van der Waals surface area contributed by atoms with Crippen LogP contribution in [0.15, 0.2) is 42.5 Å². The predicted octanol–water partition coefficient (Wildman–Crippen LogP) is 3.38. The first-order valence-corrected chi connectivity index (χ1v) is 6.22. The Morgan fingerprint density at radius 1 is 1.05 bits per heavy atom. The Morgan fingerprint density at radius 2 is 1.79 bits per heavy atom. The van der Waals surface area contributed by atoms with Gasteiger partial charge in [-0.25, -0.2) is 8.78 Å². The van der Waals surface area contributed by atoms with Crippen LogP contribution in [0.2, 0.25) is 0 Å². The van der Waals surface area contributed by atoms with Gasteiger partial charge < -0.3 is 10.1 Å². The highest BCUT2D eigenvalue weighted by Crippen LogP contribution is 2.20. The van der Waals surface area contributed by atoms with Crippen molar-refractivity contribution in [2.75, 3.05) is 20.3 Å². The van der Waals surface area contributed by atoms with Crippen molar-refractivity contribution in [2.45, 2.75) is 12.5 Å². The summed E-state index contributed by atoms with van der Waals surface area (Å²) in [5.41, 5.74) is 1.04. The van der Waals surface area contributed by atoms with Crippen molar-refractivity contribution in [1.29, 1.82) is 0 Å². The second-order valence-electron chi connectivity index (χ2n) is 4.38. The molecule has 0 saturated heterocycles. The molecule has 0 aliphatic carbocycles. The first kappa shape index (κ1) is 13.9. The maximum atomic E-state index is 12.1. The summed E-state index contributed by atoms with van der Waals surface area (Å²) in [5, 5.41) is 5.38. The lowest BCUT2D eigenvalue weighted by Gasteiger charge is -2.17. The van der Waals surface area contributed by atoms with Gasteiger partial charge in [-0.1, -0.05) is 36.4 Å². The van der Waals surface area contributed by atoms with Gasteiger partial charge in [0.2, 0.25) is 0 Å². The number of nitrogens with one attached hydrogen (secondary N) is 1. The summed E-state index contributed by atoms with van der Waals surface area (Å²) < 4.78 is 29.1. The van der Waals surface area contributed by atoms with E-state index >= 15 is 0 Å². The van der Waals surface area contributed by atoms with Crippen molar-refractivity contribution in [3.05, 3.63) is 48.0 Å². The standard InChI is InChI=1S/C15H17F2NO/c1-18-14(9-19-10-15(16)17)13-7-6-11-4-2-3-5-12(11)8-13/h2-8,14-15,18H,9-10H2,1H3. The van der Waals surface area contributed by atoms with E-state index in [1.165, 1.54) is 0 Å². The van der Waals surface area contributed by atoms with Crippen molar-refractivity contribution < 1.29 is 13.5 Å². The van der Waals surface area contributed by atoms with E-state index in [4.69, 9.17) is 4.74 Å². The van der Waals surface area contributed by atoms with Crippen LogP contribution in [0.4, 0.5) is 8.78 Å². The molecule has 0 fully saturated rings. The first-order chi connectivity index (χ1) is 9.20. The van der Waals surface area contributed by atoms with Crippen molar-refractivity contribution in [1.82, 2.24) is 5.32 Å². The topological polar surface area (TPSA) is 21.3 Å². The van der Waals surface area contributed by atoms with Crippen molar-refractivity contribution in [2.24, 2.45) is 0 Å². The number of ether oxygens (including phenoxy) is 1. The summed E-state index contributed by atoms with van der Waals surface area (Å²) in [5.74, 6) is 0. The lowest BCUT2D eigenvalue weighted by Crippen LogP contribution is -2.23. The monoisotopic (exact) mass is 265 g/mol. The molecule has 0 aliphatic rings. The number of hydrogen-bond donors (Lipinski definition) is 1. The lowest BCUT2D eigenvalue weighted by atomic mass is 10.0. The molecule has 2 rings (SSSR count). The quantitative estimate of drug-likeness (QED) is 0.864. The summed E-state index contributed by atoms with van der Waals surface area (Å²) >= 11 is 0. The van der Waals surface area contributed by atoms with Gasteiger partial charge in [-0.2, -0.15) is 0 Å². The number of benzene rings is 2. The third-order valence-electron chi connectivity index (χ3n) is 3.05. The second-order valence-corrected chi connectivity index (χ2v) is 4.38. The molecule has 0 amide bonds. The fourth-order valence-corrected chi connectivity index (χ4v) is 2.05. The van der Waals surface area contributed by atoms with E-state index in [9.17, 15) is 8.78 Å². The molecular formula is C15H17F2NO. The predicted molar refractivity (Wildman–Crippen MR) is 72.6 cm³/mol. The van der Waals surface area contributed by atoms with Crippen LogP contribution in [-0.4, -0.2) is 26.7 Å². The number of likely N-dealkylation sites (N-methyl/N-ethyl adjacent to an activating group) is 1. The highest BCUT2D eigenvalue weighted by atomic mass is 19.3. The maximum Gasteiger partial charge on any atom is 0.261 e. The first-order valence-electron chi connectivity index (χ1n) is 6.22. The number of halogens is 2. The smallest absolute Gasteiger partial charge is 0.261 e. The zero-order chi connectivity index (χ0) is 13.7. The molecular weight excluding hydrogens is 248 g/mol. The normalized spacial score (nSPS) is 13.1. The van der Waals surface area contributed by atoms with Crippen LogP contribution in [0, 0.1) is 0 Å². The van der Waals surface area contributed by atoms with Gasteiger partial charge in [0, 0.05) is 0 Å². The zero-order valence-electron chi connectivity index (χ0n) is 10.8. The molecule has 0 aliphatic heterocycles. The summed E-state index contributed by atoms with van der Waals surface area (Å²) in [4.78, 5) is 0. The molecule has 1 atom stereocenters. The van der Waals surface area contributed by atoms with Gasteiger partial charge in [-0.15, -0.1) is 0 Å². The Balaban J connectivity index is 2.11. The number of fused-ring (bicyclic) bond motifs is 1. The number of alkyl halides is 2. The fourth-order valence-electron chi connectivity index (χ4n) is 2.05. The van der Waals surface area contributed by atoms with E-state index in [1.807, 2.05) is 36.4 Å². The van der Waals surface area contributed by atoms with Crippen LogP contribution in [0.3, 0.4) is 0 Å². The highest BCUT2D eigenvalue weighted by Gasteiger charge is 2.11. The van der Waals surface area contributed by atoms with Gasteiger partial charge >= 0.3 is 0 Å². The van der Waals surface area contributed by atoms with Crippen LogP contribution in [0.25, 0.3) is 10.8 Å². The molecule has 2 aromatic rings. The minimum atomic E-state index is -2.42. The van der Waals surface area contributed by atoms with E-state index in [-0.39, 0.29) is 12.6 Å². The fraction of sp³-hybridized carbons (Fsp3) is 0.333. The lowest BCUT2D eigenvalue weighted by molar-refractivity contribution is 0.00987. The average molecular weight is 265 g/mol. The Labute approximate surface area is 111 Å². The van der Waals surface area contributed by atoms with Crippen LogP contribution >= 0.6 is 0 Å². The van der Waals surface area contributed by atoms with Gasteiger partial charge in [0.1, 0.15) is 6.61 Å². The van der Waals surface area contributed by atoms with Gasteiger partial charge in [-0.3, -0.25) is 0 Å².